The highest BCUT2D eigenvalue weighted by Crippen LogP contribution is 2.18. The van der Waals surface area contributed by atoms with E-state index in [0.29, 0.717) is 38.8 Å². The number of aliphatic hydroxyl groups is 1. The van der Waals surface area contributed by atoms with Gasteiger partial charge < -0.3 is 21.5 Å². The predicted molar refractivity (Wildman–Crippen MR) is 232 cm³/mol. The number of carbonyl (C=O) groups is 2. The fourth-order valence-electron chi connectivity index (χ4n) is 6.90. The first-order chi connectivity index (χ1) is 26.4. The van der Waals surface area contributed by atoms with E-state index in [1.165, 1.54) is 167 Å². The van der Waals surface area contributed by atoms with E-state index < -0.39 is 22.0 Å². The summed E-state index contributed by atoms with van der Waals surface area (Å²) >= 11 is 0. The molecule has 2 amide bonds. The van der Waals surface area contributed by atoms with Crippen LogP contribution in [-0.4, -0.2) is 61.7 Å². The molecule has 0 aromatic heterocycles. The first-order valence-corrected chi connectivity index (χ1v) is 24.3. The maximum Gasteiger partial charge on any atom is 0.397 e. The van der Waals surface area contributed by atoms with Gasteiger partial charge in [-0.1, -0.05) is 194 Å². The van der Waals surface area contributed by atoms with Crippen molar-refractivity contribution in [2.75, 3.05) is 20.2 Å². The number of aliphatic hydroxyl groups excluding tert-OH is 1. The van der Waals surface area contributed by atoms with Gasteiger partial charge in [0.05, 0.1) is 13.2 Å². The number of hydrogen-bond donors (Lipinski definition) is 5. The average Bonchev–Trinajstić information content (AvgIpc) is 3.14. The maximum atomic E-state index is 12.3. The molecule has 0 fully saturated rings. The standard InChI is InChI=1S/C43H87N3O3.CH4O4S/c1-4-6-8-10-12-14-16-18-20-22-24-26-28-30-32-34-41(48)45-38-36-43(44,40(3)47)37-39-46-42(49)35-33-31-29-27-25-23-21-19-17-15-13-11-9-7-5-2;1-5-6(2,3)4/h40,47H,4-39,44H2,1-3H3,(H,45,48)(H,46,49);1H3,(H,2,3,4). The van der Waals surface area contributed by atoms with E-state index >= 15 is 0 Å². The molecule has 330 valence electrons. The minimum atomic E-state index is -4.16. The third kappa shape index (κ3) is 43.7. The number of amides is 2. The molecule has 0 saturated carbocycles. The highest BCUT2D eigenvalue weighted by molar-refractivity contribution is 7.80. The van der Waals surface area contributed by atoms with Crippen LogP contribution in [0.3, 0.4) is 0 Å². The summed E-state index contributed by atoms with van der Waals surface area (Å²) in [6.45, 7) is 7.16. The lowest BCUT2D eigenvalue weighted by molar-refractivity contribution is -0.121. The predicted octanol–water partition coefficient (Wildman–Crippen LogP) is 11.0. The lowest BCUT2D eigenvalue weighted by Crippen LogP contribution is -2.53. The van der Waals surface area contributed by atoms with Crippen molar-refractivity contribution in [1.82, 2.24) is 10.6 Å². The zero-order chi connectivity index (χ0) is 41.3. The summed E-state index contributed by atoms with van der Waals surface area (Å²) in [5.41, 5.74) is 5.70. The fourth-order valence-corrected chi connectivity index (χ4v) is 6.90. The normalized spacial score (nSPS) is 12.3. The van der Waals surface area contributed by atoms with Crippen molar-refractivity contribution in [2.24, 2.45) is 5.73 Å². The van der Waals surface area contributed by atoms with Crippen LogP contribution < -0.4 is 16.4 Å². The van der Waals surface area contributed by atoms with Crippen molar-refractivity contribution >= 4 is 22.2 Å². The van der Waals surface area contributed by atoms with Crippen LogP contribution in [0.2, 0.25) is 0 Å². The number of nitrogens with two attached hydrogens (primary N) is 1. The molecule has 0 aromatic carbocycles. The summed E-state index contributed by atoms with van der Waals surface area (Å²) in [5.74, 6) is 0.138. The summed E-state index contributed by atoms with van der Waals surface area (Å²) in [4.78, 5) is 24.7. The minimum Gasteiger partial charge on any atom is -0.392 e. The van der Waals surface area contributed by atoms with Crippen molar-refractivity contribution in [1.29, 1.82) is 0 Å². The van der Waals surface area contributed by atoms with E-state index in [1.807, 2.05) is 0 Å². The Morgan fingerprint density at radius 1 is 0.545 bits per heavy atom. The molecule has 6 N–H and O–H groups in total. The number of unbranched alkanes of at least 4 members (excludes halogenated alkanes) is 28. The summed E-state index contributed by atoms with van der Waals surface area (Å²) in [6, 6.07) is 0. The van der Waals surface area contributed by atoms with E-state index in [4.69, 9.17) is 10.3 Å². The van der Waals surface area contributed by atoms with Gasteiger partial charge >= 0.3 is 10.4 Å². The van der Waals surface area contributed by atoms with E-state index in [1.54, 1.807) is 6.92 Å². The average molecular weight is 806 g/mol. The molecule has 55 heavy (non-hydrogen) atoms. The first kappa shape index (κ1) is 55.8. The zero-order valence-electron chi connectivity index (χ0n) is 36.5. The second kappa shape index (κ2) is 40.9. The highest BCUT2D eigenvalue weighted by Gasteiger charge is 2.30. The van der Waals surface area contributed by atoms with Gasteiger partial charge in [0.25, 0.3) is 0 Å². The van der Waals surface area contributed by atoms with Crippen molar-refractivity contribution in [3.63, 3.8) is 0 Å². The van der Waals surface area contributed by atoms with E-state index in [9.17, 15) is 23.1 Å². The second-order valence-corrected chi connectivity index (χ2v) is 17.3. The molecule has 0 aliphatic heterocycles. The van der Waals surface area contributed by atoms with Crippen LogP contribution in [0.1, 0.15) is 239 Å². The Labute approximate surface area is 340 Å². The zero-order valence-corrected chi connectivity index (χ0v) is 37.3. The second-order valence-electron chi connectivity index (χ2n) is 16.1. The van der Waals surface area contributed by atoms with Gasteiger partial charge in [0.1, 0.15) is 0 Å². The van der Waals surface area contributed by atoms with Crippen molar-refractivity contribution in [3.8, 4) is 0 Å². The lowest BCUT2D eigenvalue weighted by atomic mass is 9.87. The Kier molecular flexibility index (Phi) is 41.5. The van der Waals surface area contributed by atoms with Crippen LogP contribution in [-0.2, 0) is 24.2 Å². The molecular formula is C44H91N3O7S. The quantitative estimate of drug-likeness (QED) is 0.0301. The van der Waals surface area contributed by atoms with Crippen molar-refractivity contribution < 1.29 is 31.8 Å². The Morgan fingerprint density at radius 2 is 0.764 bits per heavy atom. The van der Waals surface area contributed by atoms with Crippen molar-refractivity contribution in [3.05, 3.63) is 0 Å². The molecule has 1 unspecified atom stereocenters. The highest BCUT2D eigenvalue weighted by atomic mass is 32.3. The molecule has 0 aromatic rings. The van der Waals surface area contributed by atoms with Gasteiger partial charge in [0.2, 0.25) is 11.8 Å². The first-order valence-electron chi connectivity index (χ1n) is 22.9. The lowest BCUT2D eigenvalue weighted by Gasteiger charge is -2.32. The number of nitrogens with one attached hydrogen (secondary N) is 2. The Bertz CT molecular complexity index is 898. The maximum absolute atomic E-state index is 12.3. The van der Waals surface area contributed by atoms with E-state index in [2.05, 4.69) is 28.7 Å². The van der Waals surface area contributed by atoms with Crippen LogP contribution in [0, 0.1) is 0 Å². The van der Waals surface area contributed by atoms with Gasteiger partial charge in [-0.05, 0) is 32.6 Å². The SMILES string of the molecule is CCCCCCCCCCCCCCCCCC(=O)NCCC(N)(CCNC(=O)CCCCCCCCCCCCCCCCC)C(C)O.COS(=O)(=O)O. The molecule has 0 aliphatic rings. The molecule has 0 radical (unpaired) electrons. The largest absolute Gasteiger partial charge is 0.397 e. The van der Waals surface area contributed by atoms with Gasteiger partial charge in [0.15, 0.2) is 0 Å². The smallest absolute Gasteiger partial charge is 0.392 e. The minimum absolute atomic E-state index is 0.0689. The van der Waals surface area contributed by atoms with Crippen LogP contribution in [0.4, 0.5) is 0 Å². The molecule has 0 heterocycles. The summed E-state index contributed by atoms with van der Waals surface area (Å²) in [7, 11) is -3.29. The summed E-state index contributed by atoms with van der Waals surface area (Å²) < 4.78 is 29.7. The van der Waals surface area contributed by atoms with Crippen LogP contribution in [0.15, 0.2) is 0 Å². The number of carbonyl (C=O) groups excluding carboxylic acids is 2. The van der Waals surface area contributed by atoms with Crippen LogP contribution in [0.5, 0.6) is 0 Å². The summed E-state index contributed by atoms with van der Waals surface area (Å²) in [6.07, 6.45) is 40.9. The molecule has 0 rings (SSSR count). The molecule has 0 saturated heterocycles. The third-order valence-corrected chi connectivity index (χ3v) is 11.3. The number of hydrogen-bond acceptors (Lipinski definition) is 7. The van der Waals surface area contributed by atoms with Crippen LogP contribution in [0.25, 0.3) is 0 Å². The van der Waals surface area contributed by atoms with Gasteiger partial charge in [-0.3, -0.25) is 18.3 Å². The van der Waals surface area contributed by atoms with Crippen molar-refractivity contribution in [2.45, 2.75) is 251 Å². The fraction of sp³-hybridized carbons (Fsp3) is 0.955. The van der Waals surface area contributed by atoms with E-state index in [-0.39, 0.29) is 11.8 Å². The van der Waals surface area contributed by atoms with Crippen LogP contribution >= 0.6 is 0 Å². The number of rotatable bonds is 40. The van der Waals surface area contributed by atoms with E-state index in [0.717, 1.165) is 32.8 Å². The molecule has 0 bridgehead atoms. The molecule has 0 spiro atoms. The molecule has 10 nitrogen and oxygen atoms in total. The molecule has 11 heteroatoms. The van der Waals surface area contributed by atoms with Gasteiger partial charge in [-0.2, -0.15) is 8.42 Å². The molecule has 0 aliphatic carbocycles. The molecule has 1 atom stereocenters. The van der Waals surface area contributed by atoms with Gasteiger partial charge in [-0.15, -0.1) is 0 Å². The monoisotopic (exact) mass is 806 g/mol. The Balaban J connectivity index is 0. The third-order valence-electron chi connectivity index (χ3n) is 10.9. The van der Waals surface area contributed by atoms with Gasteiger partial charge in [0, 0.05) is 31.5 Å². The Morgan fingerprint density at radius 3 is 0.964 bits per heavy atom. The van der Waals surface area contributed by atoms with Gasteiger partial charge in [-0.25, -0.2) is 0 Å². The summed E-state index contributed by atoms with van der Waals surface area (Å²) in [5, 5.41) is 16.3. The topological polar surface area (TPSA) is 168 Å². The molecular weight excluding hydrogens is 715 g/mol. The Hall–Kier alpha value is -1.27.